The molecule has 108 valence electrons. The Morgan fingerprint density at radius 2 is 2.30 bits per heavy atom. The molecule has 0 heterocycles. The predicted octanol–water partition coefficient (Wildman–Crippen LogP) is 1.13. The lowest BCUT2D eigenvalue weighted by Crippen LogP contribution is -2.35. The van der Waals surface area contributed by atoms with Crippen LogP contribution in [0.5, 0.6) is 0 Å². The fourth-order valence-corrected chi connectivity index (χ4v) is 1.64. The quantitative estimate of drug-likeness (QED) is 0.276. The lowest BCUT2D eigenvalue weighted by Gasteiger charge is -2.15. The zero-order valence-electron chi connectivity index (χ0n) is 10.7. The van der Waals surface area contributed by atoms with Gasteiger partial charge in [-0.1, -0.05) is 24.5 Å². The van der Waals surface area contributed by atoms with Crippen molar-refractivity contribution < 1.29 is 14.9 Å². The lowest BCUT2D eigenvalue weighted by atomic mass is 10.0. The van der Waals surface area contributed by atoms with Crippen molar-refractivity contribution in [1.29, 1.82) is 0 Å². The second-order valence-electron chi connectivity index (χ2n) is 3.87. The molecule has 1 aromatic carbocycles. The van der Waals surface area contributed by atoms with E-state index in [4.69, 9.17) is 10.8 Å². The molecule has 0 fully saturated rings. The van der Waals surface area contributed by atoms with Crippen LogP contribution < -0.4 is 16.5 Å². The monoisotopic (exact) mass is 281 g/mol. The number of amides is 1. The molecule has 1 rings (SSSR count). The highest BCUT2D eigenvalue weighted by Crippen LogP contribution is 2.21. The Labute approximate surface area is 114 Å². The van der Waals surface area contributed by atoms with Crippen molar-refractivity contribution in [2.45, 2.75) is 19.4 Å². The lowest BCUT2D eigenvalue weighted by molar-refractivity contribution is -0.525. The first-order chi connectivity index (χ1) is 9.42. The number of nitro groups is 1. The molecule has 1 atom stereocenters. The second-order valence-corrected chi connectivity index (χ2v) is 3.87. The summed E-state index contributed by atoms with van der Waals surface area (Å²) >= 11 is 0. The number of carbonyl (C=O) groups is 1. The Hall–Kier alpha value is -2.84. The number of hydrazine groups is 1. The summed E-state index contributed by atoms with van der Waals surface area (Å²) in [6.07, 6.45) is -0.567. The third-order valence-electron chi connectivity index (χ3n) is 2.43. The minimum absolute atomic E-state index is 0.355. The van der Waals surface area contributed by atoms with Crippen LogP contribution in [0.1, 0.15) is 24.9 Å². The Kier molecular flexibility index (Phi) is 5.27. The van der Waals surface area contributed by atoms with Gasteiger partial charge in [0.2, 0.25) is 0 Å². The van der Waals surface area contributed by atoms with Crippen molar-refractivity contribution in [3.8, 4) is 0 Å². The number of guanidine groups is 1. The maximum atomic E-state index is 10.7. The SMILES string of the molecule is CCC(NC(=O)O)c1cccc(N=C(N)N[N+](=O)[O-])c1. The molecule has 20 heavy (non-hydrogen) atoms. The number of benzene rings is 1. The standard InChI is InChI=1S/C11H15N5O4/c1-2-9(14-11(17)18)7-4-3-5-8(6-7)13-10(12)15-16(19)20/h3-6,9,14H,2H2,1H3,(H,17,18)(H3,12,13,15). The zero-order chi connectivity index (χ0) is 15.1. The van der Waals surface area contributed by atoms with Crippen molar-refractivity contribution in [3.05, 3.63) is 39.9 Å². The largest absolute Gasteiger partial charge is 0.465 e. The molecule has 0 aromatic heterocycles. The van der Waals surface area contributed by atoms with Gasteiger partial charge in [0.05, 0.1) is 11.7 Å². The van der Waals surface area contributed by atoms with Crippen molar-refractivity contribution in [1.82, 2.24) is 10.7 Å². The maximum Gasteiger partial charge on any atom is 0.405 e. The first kappa shape index (κ1) is 15.2. The third kappa shape index (κ3) is 4.80. The van der Waals surface area contributed by atoms with Crippen LogP contribution in [-0.2, 0) is 0 Å². The zero-order valence-corrected chi connectivity index (χ0v) is 10.7. The summed E-state index contributed by atoms with van der Waals surface area (Å²) in [4.78, 5) is 24.7. The normalized spacial score (nSPS) is 12.6. The van der Waals surface area contributed by atoms with E-state index >= 15 is 0 Å². The molecule has 1 aromatic rings. The fourth-order valence-electron chi connectivity index (χ4n) is 1.64. The molecule has 5 N–H and O–H groups in total. The van der Waals surface area contributed by atoms with Crippen LogP contribution in [0.4, 0.5) is 10.5 Å². The summed E-state index contributed by atoms with van der Waals surface area (Å²) < 4.78 is 0. The molecule has 0 saturated heterocycles. The molecular weight excluding hydrogens is 266 g/mol. The van der Waals surface area contributed by atoms with Crippen LogP contribution in [0.3, 0.4) is 0 Å². The van der Waals surface area contributed by atoms with Crippen LogP contribution in [0.15, 0.2) is 29.3 Å². The van der Waals surface area contributed by atoms with Crippen molar-refractivity contribution in [3.63, 3.8) is 0 Å². The van der Waals surface area contributed by atoms with Gasteiger partial charge in [-0.3, -0.25) is 0 Å². The van der Waals surface area contributed by atoms with Crippen LogP contribution in [0, 0.1) is 10.1 Å². The van der Waals surface area contributed by atoms with E-state index < -0.39 is 11.1 Å². The van der Waals surface area contributed by atoms with Gasteiger partial charge < -0.3 is 16.2 Å². The van der Waals surface area contributed by atoms with Gasteiger partial charge in [0.15, 0.2) is 5.03 Å². The third-order valence-corrected chi connectivity index (χ3v) is 2.43. The number of rotatable bonds is 5. The summed E-state index contributed by atoms with van der Waals surface area (Å²) in [5.41, 5.74) is 8.15. The highest BCUT2D eigenvalue weighted by atomic mass is 16.7. The molecule has 0 saturated carbocycles. The molecule has 9 nitrogen and oxygen atoms in total. The van der Waals surface area contributed by atoms with Gasteiger partial charge in [-0.05, 0) is 24.1 Å². The number of carboxylic acid groups (broad SMARTS) is 1. The summed E-state index contributed by atoms with van der Waals surface area (Å²) in [5, 5.41) is 20.5. The van der Waals surface area contributed by atoms with Crippen molar-refractivity contribution in [2.24, 2.45) is 10.7 Å². The van der Waals surface area contributed by atoms with Crippen LogP contribution >= 0.6 is 0 Å². The maximum absolute atomic E-state index is 10.7. The van der Waals surface area contributed by atoms with Gasteiger partial charge in [-0.2, -0.15) is 0 Å². The number of nitrogens with two attached hydrogens (primary N) is 1. The molecule has 0 aliphatic heterocycles. The van der Waals surface area contributed by atoms with E-state index in [1.807, 2.05) is 6.92 Å². The first-order valence-corrected chi connectivity index (χ1v) is 5.77. The van der Waals surface area contributed by atoms with Crippen molar-refractivity contribution in [2.75, 3.05) is 0 Å². The topological polar surface area (TPSA) is 143 Å². The molecule has 0 spiro atoms. The van der Waals surface area contributed by atoms with E-state index in [1.165, 1.54) is 0 Å². The van der Waals surface area contributed by atoms with Gasteiger partial charge in [-0.25, -0.2) is 19.9 Å². The van der Waals surface area contributed by atoms with Gasteiger partial charge >= 0.3 is 6.09 Å². The average molecular weight is 281 g/mol. The highest BCUT2D eigenvalue weighted by Gasteiger charge is 2.12. The number of hydrogen-bond acceptors (Lipinski definition) is 4. The molecular formula is C11H15N5O4. The molecule has 0 radical (unpaired) electrons. The summed E-state index contributed by atoms with van der Waals surface area (Å²) in [5.74, 6) is -0.355. The first-order valence-electron chi connectivity index (χ1n) is 5.77. The summed E-state index contributed by atoms with van der Waals surface area (Å²) in [6.45, 7) is 1.83. The van der Waals surface area contributed by atoms with E-state index in [0.29, 0.717) is 17.7 Å². The van der Waals surface area contributed by atoms with E-state index in [0.717, 1.165) is 0 Å². The van der Waals surface area contributed by atoms with Gasteiger partial charge in [-0.15, -0.1) is 0 Å². The Balaban J connectivity index is 2.94. The molecule has 0 aliphatic rings. The van der Waals surface area contributed by atoms with Gasteiger partial charge in [0, 0.05) is 0 Å². The second kappa shape index (κ2) is 6.92. The molecule has 1 amide bonds. The number of nitrogens with zero attached hydrogens (tertiary/aromatic N) is 2. The fraction of sp³-hybridized carbons (Fsp3) is 0.273. The van der Waals surface area contributed by atoms with Gasteiger partial charge in [0.1, 0.15) is 0 Å². The van der Waals surface area contributed by atoms with E-state index in [9.17, 15) is 14.9 Å². The molecule has 9 heteroatoms. The minimum atomic E-state index is -1.12. The van der Waals surface area contributed by atoms with Crippen LogP contribution in [0.2, 0.25) is 0 Å². The van der Waals surface area contributed by atoms with E-state index in [-0.39, 0.29) is 12.0 Å². The predicted molar refractivity (Wildman–Crippen MR) is 72.0 cm³/mol. The Morgan fingerprint density at radius 1 is 1.60 bits per heavy atom. The summed E-state index contributed by atoms with van der Waals surface area (Å²) in [7, 11) is 0. The summed E-state index contributed by atoms with van der Waals surface area (Å²) in [6, 6.07) is 6.23. The van der Waals surface area contributed by atoms with E-state index in [1.54, 1.807) is 29.7 Å². The van der Waals surface area contributed by atoms with Crippen molar-refractivity contribution >= 4 is 17.7 Å². The number of hydrogen-bond donors (Lipinski definition) is 4. The Bertz CT molecular complexity index is 531. The molecule has 0 bridgehead atoms. The average Bonchev–Trinajstić information content (AvgIpc) is 2.34. The highest BCUT2D eigenvalue weighted by molar-refractivity contribution is 5.79. The number of nitrogens with one attached hydrogen (secondary N) is 2. The smallest absolute Gasteiger partial charge is 0.405 e. The van der Waals surface area contributed by atoms with Crippen LogP contribution in [0.25, 0.3) is 0 Å². The molecule has 0 aliphatic carbocycles. The molecule has 1 unspecified atom stereocenters. The minimum Gasteiger partial charge on any atom is -0.465 e. The Morgan fingerprint density at radius 3 is 2.85 bits per heavy atom. The van der Waals surface area contributed by atoms with Crippen LogP contribution in [-0.4, -0.2) is 22.2 Å². The van der Waals surface area contributed by atoms with Gasteiger partial charge in [0.25, 0.3) is 5.96 Å². The number of aliphatic imine (C=N–C) groups is 1. The van der Waals surface area contributed by atoms with E-state index in [2.05, 4.69) is 10.3 Å².